The number of carbonyl (C=O) groups is 1. The summed E-state index contributed by atoms with van der Waals surface area (Å²) in [5.41, 5.74) is 4.64. The zero-order chi connectivity index (χ0) is 28.8. The van der Waals surface area contributed by atoms with Gasteiger partial charge in [0.05, 0.1) is 40.6 Å². The van der Waals surface area contributed by atoms with Crippen LogP contribution in [0.4, 0.5) is 0 Å². The van der Waals surface area contributed by atoms with Gasteiger partial charge in [-0.15, -0.1) is 0 Å². The van der Waals surface area contributed by atoms with Gasteiger partial charge < -0.3 is 29.2 Å². The molecule has 9 nitrogen and oxygen atoms in total. The molecule has 5 rings (SSSR count). The maximum absolute atomic E-state index is 13.6. The highest BCUT2D eigenvalue weighted by molar-refractivity contribution is 6.14. The van der Waals surface area contributed by atoms with Gasteiger partial charge in [-0.2, -0.15) is 0 Å². The van der Waals surface area contributed by atoms with E-state index in [2.05, 4.69) is 9.80 Å². The molecule has 0 amide bonds. The van der Waals surface area contributed by atoms with Crippen molar-refractivity contribution in [3.05, 3.63) is 57.7 Å². The average molecular weight is 565 g/mol. The minimum absolute atomic E-state index is 0.0137. The van der Waals surface area contributed by atoms with E-state index in [4.69, 9.17) is 18.9 Å². The van der Waals surface area contributed by atoms with Crippen LogP contribution in [0, 0.1) is 0 Å². The number of ketones is 1. The second-order valence-electron chi connectivity index (χ2n) is 10.8. The first-order valence-electron chi connectivity index (χ1n) is 14.3. The topological polar surface area (TPSA) is 101 Å². The van der Waals surface area contributed by atoms with Crippen molar-refractivity contribution in [3.63, 3.8) is 0 Å². The van der Waals surface area contributed by atoms with E-state index in [1.165, 1.54) is 14.2 Å². The Bertz CT molecular complexity index is 1210. The third-order valence-electron chi connectivity index (χ3n) is 7.94. The Morgan fingerprint density at radius 3 is 1.54 bits per heavy atom. The van der Waals surface area contributed by atoms with Crippen LogP contribution in [0.25, 0.3) is 12.2 Å². The zero-order valence-electron chi connectivity index (χ0n) is 24.0. The van der Waals surface area contributed by atoms with Crippen LogP contribution >= 0.6 is 0 Å². The second-order valence-corrected chi connectivity index (χ2v) is 10.8. The minimum atomic E-state index is 0.0137. The number of nitrogens with zero attached hydrogens (tertiary/aromatic N) is 2. The van der Waals surface area contributed by atoms with Gasteiger partial charge in [-0.3, -0.25) is 14.6 Å². The Morgan fingerprint density at radius 1 is 0.732 bits per heavy atom. The second kappa shape index (κ2) is 13.5. The molecule has 0 radical (unpaired) electrons. The fourth-order valence-electron chi connectivity index (χ4n) is 5.68. The Kier molecular flexibility index (Phi) is 9.61. The van der Waals surface area contributed by atoms with Crippen LogP contribution in [-0.2, 0) is 27.4 Å². The normalized spacial score (nSPS) is 21.0. The lowest BCUT2D eigenvalue weighted by Gasteiger charge is -2.27. The monoisotopic (exact) mass is 564 g/mol. The molecule has 0 spiro atoms. The lowest BCUT2D eigenvalue weighted by atomic mass is 9.86. The van der Waals surface area contributed by atoms with Gasteiger partial charge in [0.1, 0.15) is 0 Å². The molecule has 3 aliphatic rings. The van der Waals surface area contributed by atoms with Crippen LogP contribution in [0.5, 0.6) is 23.0 Å². The molecule has 0 bridgehead atoms. The number of phenolic OH excluding ortho intramolecular Hbond substituents is 2. The minimum Gasteiger partial charge on any atom is -0.504 e. The SMILES string of the molecule is COc1cc(/C=C2\CCC/C(=C\c3cc(CN4CCOCC4)c(O)c(OC)c3)C2=O)cc(CN2CCOCC2)c1O. The third-order valence-corrected chi connectivity index (χ3v) is 7.94. The molecule has 2 saturated heterocycles. The van der Waals surface area contributed by atoms with Gasteiger partial charge in [-0.1, -0.05) is 0 Å². The van der Waals surface area contributed by atoms with Gasteiger partial charge in [0.15, 0.2) is 28.8 Å². The van der Waals surface area contributed by atoms with Crippen LogP contribution in [-0.4, -0.2) is 92.6 Å². The summed E-state index contributed by atoms with van der Waals surface area (Å²) in [5, 5.41) is 21.6. The van der Waals surface area contributed by atoms with Crippen LogP contribution in [0.2, 0.25) is 0 Å². The lowest BCUT2D eigenvalue weighted by molar-refractivity contribution is -0.112. The van der Waals surface area contributed by atoms with Crippen molar-refractivity contribution in [1.29, 1.82) is 0 Å². The fraction of sp³-hybridized carbons (Fsp3) is 0.469. The molecule has 2 aromatic rings. The Labute approximate surface area is 241 Å². The molecule has 2 heterocycles. The summed E-state index contributed by atoms with van der Waals surface area (Å²) in [7, 11) is 3.08. The molecule has 2 N–H and O–H groups in total. The number of aromatic hydroxyl groups is 2. The number of benzene rings is 2. The fourth-order valence-corrected chi connectivity index (χ4v) is 5.68. The standard InChI is InChI=1S/C32H40N2O7/c1-38-28-18-22(16-26(31(28)36)20-33-6-10-40-11-7-33)14-24-4-3-5-25(30(24)35)15-23-17-27(32(37)29(19-23)39-2)21-34-8-12-41-13-9-34/h14-19,36-37H,3-13,20-21H2,1-2H3/b24-14+,25-15+. The smallest absolute Gasteiger partial charge is 0.185 e. The molecule has 9 heteroatoms. The number of carbonyl (C=O) groups excluding carboxylic acids is 1. The molecule has 1 saturated carbocycles. The van der Waals surface area contributed by atoms with Crippen LogP contribution in [0.15, 0.2) is 35.4 Å². The summed E-state index contributed by atoms with van der Waals surface area (Å²) >= 11 is 0. The highest BCUT2D eigenvalue weighted by Gasteiger charge is 2.23. The van der Waals surface area contributed by atoms with Crippen LogP contribution < -0.4 is 9.47 Å². The van der Waals surface area contributed by atoms with E-state index < -0.39 is 0 Å². The average Bonchev–Trinajstić information content (AvgIpc) is 2.99. The van der Waals surface area contributed by atoms with E-state index in [-0.39, 0.29) is 17.3 Å². The van der Waals surface area contributed by atoms with Crippen molar-refractivity contribution in [2.75, 3.05) is 66.8 Å². The maximum Gasteiger partial charge on any atom is 0.185 e. The quantitative estimate of drug-likeness (QED) is 0.461. The van der Waals surface area contributed by atoms with Crippen molar-refractivity contribution in [2.45, 2.75) is 32.4 Å². The molecular formula is C32H40N2O7. The van der Waals surface area contributed by atoms with Gasteiger partial charge >= 0.3 is 0 Å². The largest absolute Gasteiger partial charge is 0.504 e. The van der Waals surface area contributed by atoms with Crippen molar-refractivity contribution >= 4 is 17.9 Å². The van der Waals surface area contributed by atoms with Gasteiger partial charge in [0.25, 0.3) is 0 Å². The highest BCUT2D eigenvalue weighted by atomic mass is 16.5. The summed E-state index contributed by atoms with van der Waals surface area (Å²) in [5.74, 6) is 1.06. The molecule has 0 aromatic heterocycles. The summed E-state index contributed by atoms with van der Waals surface area (Å²) in [6, 6.07) is 7.43. The number of methoxy groups -OCH3 is 2. The lowest BCUT2D eigenvalue weighted by Crippen LogP contribution is -2.35. The molecule has 220 valence electrons. The van der Waals surface area contributed by atoms with E-state index in [0.717, 1.165) is 66.0 Å². The number of phenols is 2. The van der Waals surface area contributed by atoms with Gasteiger partial charge in [0, 0.05) is 61.5 Å². The summed E-state index contributed by atoms with van der Waals surface area (Å²) in [6.45, 7) is 7.06. The Hall–Kier alpha value is -3.37. The van der Waals surface area contributed by atoms with Crippen LogP contribution in [0.3, 0.4) is 0 Å². The number of hydrogen-bond acceptors (Lipinski definition) is 9. The number of morpholine rings is 2. The predicted molar refractivity (Wildman–Crippen MR) is 156 cm³/mol. The Morgan fingerprint density at radius 2 is 1.15 bits per heavy atom. The van der Waals surface area contributed by atoms with Gasteiger partial charge in [-0.05, 0) is 66.8 Å². The first kappa shape index (κ1) is 29.1. The van der Waals surface area contributed by atoms with E-state index in [1.54, 1.807) is 12.1 Å². The number of hydrogen-bond donors (Lipinski definition) is 2. The molecule has 0 atom stereocenters. The summed E-state index contributed by atoms with van der Waals surface area (Å²) < 4.78 is 21.8. The van der Waals surface area contributed by atoms with Gasteiger partial charge in [-0.25, -0.2) is 0 Å². The van der Waals surface area contributed by atoms with Gasteiger partial charge in [0.2, 0.25) is 0 Å². The third kappa shape index (κ3) is 7.11. The first-order valence-corrected chi connectivity index (χ1v) is 14.3. The molecular weight excluding hydrogens is 524 g/mol. The number of Topliss-reactive ketones (excluding diaryl/α,β-unsaturated/α-hetero) is 1. The number of ether oxygens (including phenoxy) is 4. The van der Waals surface area contributed by atoms with E-state index in [0.29, 0.717) is 63.9 Å². The van der Waals surface area contributed by atoms with E-state index in [1.807, 2.05) is 24.3 Å². The Balaban J connectivity index is 1.40. The highest BCUT2D eigenvalue weighted by Crippen LogP contribution is 2.37. The van der Waals surface area contributed by atoms with Crippen LogP contribution in [0.1, 0.15) is 41.5 Å². The van der Waals surface area contributed by atoms with E-state index in [9.17, 15) is 15.0 Å². The molecule has 41 heavy (non-hydrogen) atoms. The first-order chi connectivity index (χ1) is 19.9. The molecule has 1 aliphatic carbocycles. The number of allylic oxidation sites excluding steroid dienone is 2. The molecule has 0 unspecified atom stereocenters. The van der Waals surface area contributed by atoms with Crippen molar-refractivity contribution < 1.29 is 34.0 Å². The summed E-state index contributed by atoms with van der Waals surface area (Å²) in [6.07, 6.45) is 6.05. The van der Waals surface area contributed by atoms with Crippen molar-refractivity contribution in [2.24, 2.45) is 0 Å². The predicted octanol–water partition coefficient (Wildman–Crippen LogP) is 4.00. The maximum atomic E-state index is 13.6. The summed E-state index contributed by atoms with van der Waals surface area (Å²) in [4.78, 5) is 18.1. The van der Waals surface area contributed by atoms with E-state index >= 15 is 0 Å². The molecule has 2 aliphatic heterocycles. The van der Waals surface area contributed by atoms with Crippen molar-refractivity contribution in [1.82, 2.24) is 9.80 Å². The molecule has 2 aromatic carbocycles. The van der Waals surface area contributed by atoms with Crippen molar-refractivity contribution in [3.8, 4) is 23.0 Å². The number of rotatable bonds is 8. The zero-order valence-corrected chi connectivity index (χ0v) is 24.0. The molecule has 3 fully saturated rings.